The van der Waals surface area contributed by atoms with Crippen molar-refractivity contribution in [3.8, 4) is 5.75 Å². The van der Waals surface area contributed by atoms with Crippen molar-refractivity contribution in [1.82, 2.24) is 0 Å². The highest BCUT2D eigenvalue weighted by Gasteiger charge is 2.47. The molecule has 0 radical (unpaired) electrons. The lowest BCUT2D eigenvalue weighted by Gasteiger charge is -2.26. The fourth-order valence-corrected chi connectivity index (χ4v) is 4.09. The van der Waals surface area contributed by atoms with Gasteiger partial charge in [0.15, 0.2) is 0 Å². The van der Waals surface area contributed by atoms with Gasteiger partial charge in [0.1, 0.15) is 11.5 Å². The minimum atomic E-state index is -4.86. The van der Waals surface area contributed by atoms with Gasteiger partial charge in [-0.1, -0.05) is 57.9 Å². The van der Waals surface area contributed by atoms with Crippen LogP contribution in [0.5, 0.6) is 5.75 Å². The Morgan fingerprint density at radius 1 is 1.00 bits per heavy atom. The van der Waals surface area contributed by atoms with Crippen molar-refractivity contribution < 1.29 is 32.6 Å². The average Bonchev–Trinajstić information content (AvgIpc) is 3.04. The number of carbonyl (C=O) groups excluding carboxylic acids is 2. The molecule has 1 unspecified atom stereocenters. The third-order valence-corrected chi connectivity index (χ3v) is 5.80. The Balaban J connectivity index is 1.86. The molecular weight excluding hydrogens is 515 g/mol. The SMILES string of the molecule is Cc1cccc(C2/C(=C(/O)c3ccc(Br)cc3)C(=O)C(=O)N2c2ccc(OC(F)(F)F)cc2)c1. The second kappa shape index (κ2) is 8.98. The molecule has 3 aromatic rings. The van der Waals surface area contributed by atoms with E-state index >= 15 is 0 Å². The fraction of sp³-hybridized carbons (Fsp3) is 0.120. The summed E-state index contributed by atoms with van der Waals surface area (Å²) in [4.78, 5) is 27.4. The molecule has 1 atom stereocenters. The largest absolute Gasteiger partial charge is 0.573 e. The van der Waals surface area contributed by atoms with E-state index < -0.39 is 29.8 Å². The van der Waals surface area contributed by atoms with Gasteiger partial charge in [-0.05, 0) is 48.9 Å². The topological polar surface area (TPSA) is 66.8 Å². The zero-order valence-corrected chi connectivity index (χ0v) is 19.2. The first-order chi connectivity index (χ1) is 16.0. The highest BCUT2D eigenvalue weighted by molar-refractivity contribution is 9.10. The van der Waals surface area contributed by atoms with Crippen molar-refractivity contribution in [3.63, 3.8) is 0 Å². The number of benzene rings is 3. The number of carbonyl (C=O) groups is 2. The third-order valence-electron chi connectivity index (χ3n) is 5.27. The van der Waals surface area contributed by atoms with E-state index in [-0.39, 0.29) is 17.0 Å². The number of ketones is 1. The Hall–Kier alpha value is -3.59. The molecule has 0 spiro atoms. The maximum Gasteiger partial charge on any atom is 0.573 e. The highest BCUT2D eigenvalue weighted by Crippen LogP contribution is 2.42. The molecule has 1 aliphatic rings. The van der Waals surface area contributed by atoms with Crippen molar-refractivity contribution in [1.29, 1.82) is 0 Å². The minimum Gasteiger partial charge on any atom is -0.507 e. The number of hydrogen-bond acceptors (Lipinski definition) is 4. The molecule has 3 aromatic carbocycles. The maximum atomic E-state index is 13.1. The third kappa shape index (κ3) is 4.70. The number of nitrogens with zero attached hydrogens (tertiary/aromatic N) is 1. The van der Waals surface area contributed by atoms with Gasteiger partial charge < -0.3 is 9.84 Å². The summed E-state index contributed by atoms with van der Waals surface area (Å²) in [6, 6.07) is 17.3. The fourth-order valence-electron chi connectivity index (χ4n) is 3.83. The molecule has 4 rings (SSSR count). The summed E-state index contributed by atoms with van der Waals surface area (Å²) in [5.41, 5.74) is 1.83. The molecule has 1 saturated heterocycles. The summed E-state index contributed by atoms with van der Waals surface area (Å²) in [6.45, 7) is 1.84. The monoisotopic (exact) mass is 531 g/mol. The van der Waals surface area contributed by atoms with E-state index in [9.17, 15) is 27.9 Å². The van der Waals surface area contributed by atoms with E-state index in [0.717, 1.165) is 22.2 Å². The molecule has 5 nitrogen and oxygen atoms in total. The van der Waals surface area contributed by atoms with Gasteiger partial charge >= 0.3 is 6.36 Å². The number of ether oxygens (including phenoxy) is 1. The van der Waals surface area contributed by atoms with Gasteiger partial charge in [0.05, 0.1) is 11.6 Å². The summed E-state index contributed by atoms with van der Waals surface area (Å²) in [7, 11) is 0. The molecule has 0 aliphatic carbocycles. The van der Waals surface area contributed by atoms with Gasteiger partial charge in [0.2, 0.25) is 0 Å². The molecule has 1 heterocycles. The molecule has 1 fully saturated rings. The number of alkyl halides is 3. The summed E-state index contributed by atoms with van der Waals surface area (Å²) in [5, 5.41) is 11.1. The van der Waals surface area contributed by atoms with E-state index in [1.807, 2.05) is 13.0 Å². The molecule has 0 saturated carbocycles. The quantitative estimate of drug-likeness (QED) is 0.244. The number of halogens is 4. The summed E-state index contributed by atoms with van der Waals surface area (Å²) in [6.07, 6.45) is -4.86. The smallest absolute Gasteiger partial charge is 0.507 e. The van der Waals surface area contributed by atoms with E-state index in [4.69, 9.17) is 0 Å². The van der Waals surface area contributed by atoms with Gasteiger partial charge in [0, 0.05) is 15.7 Å². The van der Waals surface area contributed by atoms with Crippen LogP contribution in [-0.2, 0) is 9.59 Å². The number of hydrogen-bond donors (Lipinski definition) is 1. The van der Waals surface area contributed by atoms with Crippen LogP contribution in [0.15, 0.2) is 82.8 Å². The van der Waals surface area contributed by atoms with E-state index in [1.54, 1.807) is 42.5 Å². The second-order valence-electron chi connectivity index (χ2n) is 7.63. The van der Waals surface area contributed by atoms with Gasteiger partial charge in [0.25, 0.3) is 11.7 Å². The van der Waals surface area contributed by atoms with Crippen molar-refractivity contribution in [2.45, 2.75) is 19.3 Å². The van der Waals surface area contributed by atoms with Crippen molar-refractivity contribution in [2.24, 2.45) is 0 Å². The zero-order chi connectivity index (χ0) is 24.6. The molecule has 1 amide bonds. The lowest BCUT2D eigenvalue weighted by Crippen LogP contribution is -2.29. The predicted molar refractivity (Wildman–Crippen MR) is 123 cm³/mol. The predicted octanol–water partition coefficient (Wildman–Crippen LogP) is 6.28. The molecule has 0 aromatic heterocycles. The van der Waals surface area contributed by atoms with Crippen LogP contribution in [0.1, 0.15) is 22.7 Å². The number of rotatable bonds is 4. The number of Topliss-reactive ketones (excluding diaryl/α,β-unsaturated/α-hetero) is 1. The van der Waals surface area contributed by atoms with Gasteiger partial charge in [-0.3, -0.25) is 14.5 Å². The van der Waals surface area contributed by atoms with Crippen LogP contribution in [0.2, 0.25) is 0 Å². The number of aryl methyl sites for hydroxylation is 1. The Morgan fingerprint density at radius 3 is 2.24 bits per heavy atom. The first kappa shape index (κ1) is 23.6. The van der Waals surface area contributed by atoms with Gasteiger partial charge in [-0.15, -0.1) is 13.2 Å². The first-order valence-electron chi connectivity index (χ1n) is 10.0. The minimum absolute atomic E-state index is 0.117. The molecule has 9 heteroatoms. The van der Waals surface area contributed by atoms with E-state index in [1.165, 1.54) is 17.0 Å². The molecule has 1 N–H and O–H groups in total. The van der Waals surface area contributed by atoms with Crippen LogP contribution in [-0.4, -0.2) is 23.2 Å². The van der Waals surface area contributed by atoms with Crippen molar-refractivity contribution in [2.75, 3.05) is 4.90 Å². The summed E-state index contributed by atoms with van der Waals surface area (Å²) in [5.74, 6) is -2.62. The van der Waals surface area contributed by atoms with E-state index in [2.05, 4.69) is 20.7 Å². The Bertz CT molecular complexity index is 1280. The maximum absolute atomic E-state index is 13.1. The van der Waals surface area contributed by atoms with Crippen LogP contribution in [0, 0.1) is 6.92 Å². The summed E-state index contributed by atoms with van der Waals surface area (Å²) >= 11 is 3.31. The molecule has 34 heavy (non-hydrogen) atoms. The van der Waals surface area contributed by atoms with Crippen LogP contribution in [0.4, 0.5) is 18.9 Å². The van der Waals surface area contributed by atoms with Crippen LogP contribution >= 0.6 is 15.9 Å². The second-order valence-corrected chi connectivity index (χ2v) is 8.55. The van der Waals surface area contributed by atoms with Crippen molar-refractivity contribution in [3.05, 3.63) is 99.5 Å². The summed E-state index contributed by atoms with van der Waals surface area (Å²) < 4.78 is 42.3. The first-order valence-corrected chi connectivity index (χ1v) is 10.8. The van der Waals surface area contributed by atoms with Gasteiger partial charge in [-0.2, -0.15) is 0 Å². The Labute approximate surface area is 201 Å². The molecular formula is C25H17BrF3NO4. The number of amides is 1. The van der Waals surface area contributed by atoms with Crippen molar-refractivity contribution >= 4 is 39.1 Å². The number of anilines is 1. The average molecular weight is 532 g/mol. The standard InChI is InChI=1S/C25H17BrF3NO4/c1-14-3-2-4-16(13-14)21-20(22(31)15-5-7-17(26)8-6-15)23(32)24(33)30(21)18-9-11-19(12-10-18)34-25(27,28)29/h2-13,21,31H,1H3/b22-20-. The lowest BCUT2D eigenvalue weighted by atomic mass is 9.94. The highest BCUT2D eigenvalue weighted by atomic mass is 79.9. The van der Waals surface area contributed by atoms with Crippen LogP contribution in [0.3, 0.4) is 0 Å². The Kier molecular flexibility index (Phi) is 6.22. The molecule has 0 bridgehead atoms. The zero-order valence-electron chi connectivity index (χ0n) is 17.6. The van der Waals surface area contributed by atoms with Crippen LogP contribution < -0.4 is 9.64 Å². The van der Waals surface area contributed by atoms with Crippen LogP contribution in [0.25, 0.3) is 5.76 Å². The number of aliphatic hydroxyl groups is 1. The van der Waals surface area contributed by atoms with Gasteiger partial charge in [-0.25, -0.2) is 0 Å². The number of aliphatic hydroxyl groups excluding tert-OH is 1. The van der Waals surface area contributed by atoms with E-state index in [0.29, 0.717) is 11.1 Å². The lowest BCUT2D eigenvalue weighted by molar-refractivity contribution is -0.274. The Morgan fingerprint density at radius 2 is 1.65 bits per heavy atom. The molecule has 1 aliphatic heterocycles. The molecule has 174 valence electrons. The normalized spacial score (nSPS) is 17.8.